The first-order chi connectivity index (χ1) is 10.1. The fourth-order valence-electron chi connectivity index (χ4n) is 2.30. The van der Waals surface area contributed by atoms with Gasteiger partial charge in [-0.3, -0.25) is 0 Å². The topological polar surface area (TPSA) is 64.7 Å². The molecule has 0 spiro atoms. The third-order valence-electron chi connectivity index (χ3n) is 3.37. The summed E-state index contributed by atoms with van der Waals surface area (Å²) < 4.78 is 10.6. The third-order valence-corrected chi connectivity index (χ3v) is 4.58. The number of nitrogens with two attached hydrogens (primary N) is 1. The van der Waals surface area contributed by atoms with Crippen LogP contribution in [-0.2, 0) is 0 Å². The number of aliphatic hydroxyl groups is 1. The smallest absolute Gasteiger partial charge is 0.135 e. The molecule has 0 radical (unpaired) electrons. The van der Waals surface area contributed by atoms with Crippen LogP contribution in [0.1, 0.15) is 22.5 Å². The lowest BCUT2D eigenvalue weighted by Gasteiger charge is -2.23. The third kappa shape index (κ3) is 3.32. The Bertz CT molecular complexity index is 602. The molecule has 0 fully saturated rings. The molecular formula is C15H18ClNO3S. The van der Waals surface area contributed by atoms with Crippen LogP contribution in [0.2, 0.25) is 5.02 Å². The Morgan fingerprint density at radius 2 is 1.95 bits per heavy atom. The van der Waals surface area contributed by atoms with Gasteiger partial charge in [-0.2, -0.15) is 0 Å². The van der Waals surface area contributed by atoms with Crippen molar-refractivity contribution in [3.63, 3.8) is 0 Å². The molecule has 1 aromatic heterocycles. The Hall–Kier alpha value is -1.27. The Labute approximate surface area is 133 Å². The van der Waals surface area contributed by atoms with Crippen molar-refractivity contribution in [1.29, 1.82) is 0 Å². The summed E-state index contributed by atoms with van der Waals surface area (Å²) in [7, 11) is 3.16. The Balaban J connectivity index is 2.42. The Kier molecular flexibility index (Phi) is 5.47. The monoisotopic (exact) mass is 327 g/mol. The van der Waals surface area contributed by atoms with Gasteiger partial charge in [0.2, 0.25) is 0 Å². The van der Waals surface area contributed by atoms with E-state index < -0.39 is 6.10 Å². The molecule has 21 heavy (non-hydrogen) atoms. The predicted octanol–water partition coefficient (Wildman–Crippen LogP) is 3.19. The normalized spacial score (nSPS) is 13.8. The lowest BCUT2D eigenvalue weighted by atomic mass is 9.91. The van der Waals surface area contributed by atoms with Crippen LogP contribution in [-0.4, -0.2) is 25.9 Å². The number of hydrogen-bond donors (Lipinski definition) is 2. The van der Waals surface area contributed by atoms with Crippen molar-refractivity contribution in [2.45, 2.75) is 12.0 Å². The van der Waals surface area contributed by atoms with Crippen molar-refractivity contribution in [1.82, 2.24) is 0 Å². The van der Waals surface area contributed by atoms with Crippen molar-refractivity contribution in [2.75, 3.05) is 20.8 Å². The van der Waals surface area contributed by atoms with Gasteiger partial charge < -0.3 is 20.3 Å². The minimum atomic E-state index is -0.780. The van der Waals surface area contributed by atoms with E-state index in [0.717, 1.165) is 10.4 Å². The number of methoxy groups -OCH3 is 2. The number of thiophene rings is 1. The molecule has 1 heterocycles. The standard InChI is InChI=1S/C15H18ClNO3S/c1-19-12-4-3-9(16)7-10(12)11(8-17)14(18)15-13(20-2)5-6-21-15/h3-7,11,14,18H,8,17H2,1-2H3. The molecule has 2 rings (SSSR count). The van der Waals surface area contributed by atoms with Gasteiger partial charge in [-0.1, -0.05) is 11.6 Å². The average Bonchev–Trinajstić information content (AvgIpc) is 2.96. The van der Waals surface area contributed by atoms with Gasteiger partial charge in [0.15, 0.2) is 0 Å². The molecule has 2 atom stereocenters. The summed E-state index contributed by atoms with van der Waals surface area (Å²) in [5.41, 5.74) is 6.67. The van der Waals surface area contributed by atoms with Crippen LogP contribution in [0.3, 0.4) is 0 Å². The molecule has 2 unspecified atom stereocenters. The van der Waals surface area contributed by atoms with Crippen molar-refractivity contribution in [3.05, 3.63) is 45.1 Å². The van der Waals surface area contributed by atoms with Crippen LogP contribution in [0, 0.1) is 0 Å². The first kappa shape index (κ1) is 16.1. The summed E-state index contributed by atoms with van der Waals surface area (Å²) in [6.45, 7) is 0.263. The first-order valence-corrected chi connectivity index (χ1v) is 7.71. The summed E-state index contributed by atoms with van der Waals surface area (Å²) in [4.78, 5) is 0.745. The first-order valence-electron chi connectivity index (χ1n) is 6.45. The number of benzene rings is 1. The maximum Gasteiger partial charge on any atom is 0.135 e. The van der Waals surface area contributed by atoms with Crippen molar-refractivity contribution < 1.29 is 14.6 Å². The van der Waals surface area contributed by atoms with E-state index in [4.69, 9.17) is 26.8 Å². The second-order valence-corrected chi connectivity index (χ2v) is 5.91. The lowest BCUT2D eigenvalue weighted by molar-refractivity contribution is 0.146. The van der Waals surface area contributed by atoms with Crippen LogP contribution in [0.15, 0.2) is 29.6 Å². The highest BCUT2D eigenvalue weighted by Crippen LogP contribution is 2.41. The van der Waals surface area contributed by atoms with Crippen LogP contribution in [0.4, 0.5) is 0 Å². The van der Waals surface area contributed by atoms with Gasteiger partial charge >= 0.3 is 0 Å². The zero-order valence-corrected chi connectivity index (χ0v) is 13.4. The van der Waals surface area contributed by atoms with E-state index in [1.54, 1.807) is 32.4 Å². The summed E-state index contributed by atoms with van der Waals surface area (Å²) in [5.74, 6) is 0.988. The maximum atomic E-state index is 10.7. The van der Waals surface area contributed by atoms with E-state index in [-0.39, 0.29) is 12.5 Å². The largest absolute Gasteiger partial charge is 0.496 e. The van der Waals surface area contributed by atoms with E-state index in [2.05, 4.69) is 0 Å². The van der Waals surface area contributed by atoms with Gasteiger partial charge in [0, 0.05) is 23.0 Å². The molecule has 0 saturated heterocycles. The van der Waals surface area contributed by atoms with Gasteiger partial charge in [0.25, 0.3) is 0 Å². The summed E-state index contributed by atoms with van der Waals surface area (Å²) in [6.07, 6.45) is -0.780. The molecule has 6 heteroatoms. The summed E-state index contributed by atoms with van der Waals surface area (Å²) in [6, 6.07) is 7.13. The molecule has 0 amide bonds. The molecule has 0 aliphatic rings. The molecular weight excluding hydrogens is 310 g/mol. The minimum absolute atomic E-state index is 0.263. The number of hydrogen-bond acceptors (Lipinski definition) is 5. The highest BCUT2D eigenvalue weighted by atomic mass is 35.5. The molecule has 0 aliphatic heterocycles. The summed E-state index contributed by atoms with van der Waals surface area (Å²) in [5, 5.41) is 13.2. The van der Waals surface area contributed by atoms with Crippen LogP contribution >= 0.6 is 22.9 Å². The summed E-state index contributed by atoms with van der Waals surface area (Å²) >= 11 is 7.50. The SMILES string of the molecule is COc1ccc(Cl)cc1C(CN)C(O)c1sccc1OC. The van der Waals surface area contributed by atoms with E-state index in [9.17, 15) is 5.11 Å². The second-order valence-electron chi connectivity index (χ2n) is 4.53. The molecule has 3 N–H and O–H groups in total. The maximum absolute atomic E-state index is 10.7. The van der Waals surface area contributed by atoms with E-state index in [1.807, 2.05) is 11.4 Å². The minimum Gasteiger partial charge on any atom is -0.496 e. The molecule has 0 saturated carbocycles. The van der Waals surface area contributed by atoms with Gasteiger partial charge in [0.05, 0.1) is 19.1 Å². The molecule has 114 valence electrons. The van der Waals surface area contributed by atoms with E-state index in [1.165, 1.54) is 11.3 Å². The number of halogens is 1. The van der Waals surface area contributed by atoms with Crippen LogP contribution in [0.5, 0.6) is 11.5 Å². The predicted molar refractivity (Wildman–Crippen MR) is 85.6 cm³/mol. The van der Waals surface area contributed by atoms with Crippen molar-refractivity contribution in [2.24, 2.45) is 5.73 Å². The van der Waals surface area contributed by atoms with Gasteiger partial charge in [-0.15, -0.1) is 11.3 Å². The lowest BCUT2D eigenvalue weighted by Crippen LogP contribution is -2.20. The van der Waals surface area contributed by atoms with Crippen LogP contribution < -0.4 is 15.2 Å². The highest BCUT2D eigenvalue weighted by Gasteiger charge is 2.28. The molecule has 1 aromatic carbocycles. The van der Waals surface area contributed by atoms with E-state index in [0.29, 0.717) is 16.5 Å². The number of rotatable bonds is 6. The Morgan fingerprint density at radius 3 is 2.57 bits per heavy atom. The fourth-order valence-corrected chi connectivity index (χ4v) is 3.39. The van der Waals surface area contributed by atoms with Crippen molar-refractivity contribution >= 4 is 22.9 Å². The quantitative estimate of drug-likeness (QED) is 0.855. The van der Waals surface area contributed by atoms with E-state index >= 15 is 0 Å². The molecule has 4 nitrogen and oxygen atoms in total. The van der Waals surface area contributed by atoms with Crippen molar-refractivity contribution in [3.8, 4) is 11.5 Å². The average molecular weight is 328 g/mol. The molecule has 2 aromatic rings. The van der Waals surface area contributed by atoms with Crippen LogP contribution in [0.25, 0.3) is 0 Å². The Morgan fingerprint density at radius 1 is 1.24 bits per heavy atom. The van der Waals surface area contributed by atoms with Gasteiger partial charge in [0.1, 0.15) is 17.6 Å². The van der Waals surface area contributed by atoms with Gasteiger partial charge in [-0.25, -0.2) is 0 Å². The zero-order valence-electron chi connectivity index (χ0n) is 11.9. The van der Waals surface area contributed by atoms with Gasteiger partial charge in [-0.05, 0) is 29.6 Å². The molecule has 0 bridgehead atoms. The number of ether oxygens (including phenoxy) is 2. The number of aliphatic hydroxyl groups excluding tert-OH is 1. The fraction of sp³-hybridized carbons (Fsp3) is 0.333. The molecule has 0 aliphatic carbocycles. The highest BCUT2D eigenvalue weighted by molar-refractivity contribution is 7.10. The zero-order chi connectivity index (χ0) is 15.4. The second kappa shape index (κ2) is 7.13.